The predicted octanol–water partition coefficient (Wildman–Crippen LogP) is 5.45. The fourth-order valence-electron chi connectivity index (χ4n) is 4.90. The molecule has 1 heterocycles. The van der Waals surface area contributed by atoms with Crippen LogP contribution >= 0.6 is 11.6 Å². The Balaban J connectivity index is 1.59. The van der Waals surface area contributed by atoms with Gasteiger partial charge in [-0.2, -0.15) is 0 Å². The van der Waals surface area contributed by atoms with Crippen molar-refractivity contribution >= 4 is 23.3 Å². The van der Waals surface area contributed by atoms with Crippen LogP contribution in [0.5, 0.6) is 0 Å². The highest BCUT2D eigenvalue weighted by atomic mass is 35.5. The third kappa shape index (κ3) is 2.39. The zero-order chi connectivity index (χ0) is 16.9. The second kappa shape index (κ2) is 5.70. The normalized spacial score (nSPS) is 23.0. The monoisotopic (exact) mass is 352 g/mol. The Kier molecular flexibility index (Phi) is 3.56. The molecule has 0 radical (unpaired) electrons. The summed E-state index contributed by atoms with van der Waals surface area (Å²) < 4.78 is 11.9. The van der Waals surface area contributed by atoms with Crippen LogP contribution in [0.4, 0.5) is 0 Å². The molecule has 1 saturated carbocycles. The van der Waals surface area contributed by atoms with Crippen molar-refractivity contribution in [2.75, 3.05) is 13.2 Å². The Morgan fingerprint density at radius 3 is 2.36 bits per heavy atom. The molecule has 25 heavy (non-hydrogen) atoms. The van der Waals surface area contributed by atoms with Crippen LogP contribution in [0, 0.1) is 0 Å². The van der Waals surface area contributed by atoms with Gasteiger partial charge in [0, 0.05) is 23.3 Å². The highest BCUT2D eigenvalue weighted by molar-refractivity contribution is 6.30. The molecule has 2 nitrogen and oxygen atoms in total. The maximum Gasteiger partial charge on any atom is 0.168 e. The summed E-state index contributed by atoms with van der Waals surface area (Å²) in [6, 6.07) is 17.0. The second-order valence-corrected chi connectivity index (χ2v) is 7.78. The van der Waals surface area contributed by atoms with Crippen molar-refractivity contribution in [1.29, 1.82) is 0 Å². The smallest absolute Gasteiger partial charge is 0.168 e. The molecule has 2 aromatic carbocycles. The van der Waals surface area contributed by atoms with Crippen molar-refractivity contribution in [3.05, 3.63) is 70.2 Å². The summed E-state index contributed by atoms with van der Waals surface area (Å²) in [5.41, 5.74) is 5.44. The van der Waals surface area contributed by atoms with Crippen molar-refractivity contribution < 1.29 is 9.47 Å². The van der Waals surface area contributed by atoms with Crippen molar-refractivity contribution in [3.63, 3.8) is 0 Å². The molecule has 2 spiro atoms. The lowest BCUT2D eigenvalue weighted by atomic mass is 9.64. The molecule has 0 atom stereocenters. The van der Waals surface area contributed by atoms with Crippen molar-refractivity contribution in [2.45, 2.75) is 36.9 Å². The fraction of sp³-hybridized carbons (Fsp3) is 0.364. The number of rotatable bonds is 1. The van der Waals surface area contributed by atoms with Crippen LogP contribution in [0.3, 0.4) is 0 Å². The van der Waals surface area contributed by atoms with E-state index in [-0.39, 0.29) is 11.2 Å². The van der Waals surface area contributed by atoms with Gasteiger partial charge in [0.15, 0.2) is 5.79 Å². The maximum absolute atomic E-state index is 6.29. The summed E-state index contributed by atoms with van der Waals surface area (Å²) in [4.78, 5) is 0. The average molecular weight is 353 g/mol. The van der Waals surface area contributed by atoms with Gasteiger partial charge < -0.3 is 9.47 Å². The van der Waals surface area contributed by atoms with Gasteiger partial charge in [-0.25, -0.2) is 0 Å². The molecule has 5 rings (SSSR count). The molecule has 1 saturated heterocycles. The van der Waals surface area contributed by atoms with E-state index in [9.17, 15) is 0 Å². The van der Waals surface area contributed by atoms with Gasteiger partial charge in [0.25, 0.3) is 0 Å². The predicted molar refractivity (Wildman–Crippen MR) is 101 cm³/mol. The van der Waals surface area contributed by atoms with Gasteiger partial charge in [-0.3, -0.25) is 0 Å². The molecular formula is C22H21ClO2. The van der Waals surface area contributed by atoms with E-state index in [1.807, 2.05) is 12.1 Å². The van der Waals surface area contributed by atoms with Gasteiger partial charge >= 0.3 is 0 Å². The molecule has 0 aromatic heterocycles. The van der Waals surface area contributed by atoms with Crippen molar-refractivity contribution in [2.24, 2.45) is 0 Å². The Labute approximate surface area is 153 Å². The number of fused-ring (bicyclic) bond motifs is 2. The van der Waals surface area contributed by atoms with E-state index in [2.05, 4.69) is 42.5 Å². The summed E-state index contributed by atoms with van der Waals surface area (Å²) >= 11 is 6.29. The van der Waals surface area contributed by atoms with Gasteiger partial charge in [-0.15, -0.1) is 0 Å². The quantitative estimate of drug-likeness (QED) is 0.679. The summed E-state index contributed by atoms with van der Waals surface area (Å²) in [5, 5.41) is 0.791. The van der Waals surface area contributed by atoms with Crippen LogP contribution in [-0.2, 0) is 14.9 Å². The van der Waals surface area contributed by atoms with Gasteiger partial charge in [-0.05, 0) is 53.3 Å². The van der Waals surface area contributed by atoms with Crippen LogP contribution in [0.2, 0.25) is 5.02 Å². The first-order valence-electron chi connectivity index (χ1n) is 9.06. The number of halogens is 1. The van der Waals surface area contributed by atoms with E-state index in [0.717, 1.165) is 43.9 Å². The molecule has 1 aliphatic heterocycles. The third-order valence-corrected chi connectivity index (χ3v) is 6.34. The first-order chi connectivity index (χ1) is 12.2. The lowest BCUT2D eigenvalue weighted by Gasteiger charge is -2.44. The number of hydrogen-bond donors (Lipinski definition) is 0. The number of allylic oxidation sites excluding steroid dienone is 1. The SMILES string of the molecule is Clc1cccc(C2=Cc3ccccc3C23CCC2(CC3)OCCO2)c1. The number of ether oxygens (including phenoxy) is 2. The standard InChI is InChI=1S/C22H21ClO2/c23-18-6-3-5-16(14-18)20-15-17-4-1-2-7-19(17)21(20)8-10-22(11-9-21)24-12-13-25-22/h1-7,14-15H,8-13H2. The average Bonchev–Trinajstić information content (AvgIpc) is 3.22. The van der Waals surface area contributed by atoms with E-state index in [1.54, 1.807) is 0 Å². The minimum absolute atomic E-state index is 0.0435. The molecule has 0 unspecified atom stereocenters. The molecule has 3 heteroatoms. The van der Waals surface area contributed by atoms with Gasteiger partial charge in [0.05, 0.1) is 13.2 Å². The number of hydrogen-bond acceptors (Lipinski definition) is 2. The fourth-order valence-corrected chi connectivity index (χ4v) is 5.09. The van der Waals surface area contributed by atoms with E-state index in [1.165, 1.54) is 22.3 Å². The number of benzene rings is 2. The lowest BCUT2D eigenvalue weighted by molar-refractivity contribution is -0.182. The first-order valence-corrected chi connectivity index (χ1v) is 9.44. The molecule has 2 aliphatic carbocycles. The zero-order valence-corrected chi connectivity index (χ0v) is 14.9. The third-order valence-electron chi connectivity index (χ3n) is 6.11. The maximum atomic E-state index is 6.29. The van der Waals surface area contributed by atoms with Gasteiger partial charge in [0.1, 0.15) is 0 Å². The summed E-state index contributed by atoms with van der Waals surface area (Å²) in [5.74, 6) is -0.345. The molecule has 0 N–H and O–H groups in total. The lowest BCUT2D eigenvalue weighted by Crippen LogP contribution is -2.42. The summed E-state index contributed by atoms with van der Waals surface area (Å²) in [6.45, 7) is 1.45. The van der Waals surface area contributed by atoms with Crippen LogP contribution < -0.4 is 0 Å². The highest BCUT2D eigenvalue weighted by Crippen LogP contribution is 2.57. The van der Waals surface area contributed by atoms with Crippen LogP contribution in [0.25, 0.3) is 11.6 Å². The Morgan fingerprint density at radius 1 is 0.840 bits per heavy atom. The largest absolute Gasteiger partial charge is 0.348 e. The van der Waals surface area contributed by atoms with Crippen LogP contribution in [0.1, 0.15) is 42.4 Å². The summed E-state index contributed by atoms with van der Waals surface area (Å²) in [6.07, 6.45) is 6.33. The first kappa shape index (κ1) is 15.6. The summed E-state index contributed by atoms with van der Waals surface area (Å²) in [7, 11) is 0. The Hall–Kier alpha value is -1.61. The van der Waals surface area contributed by atoms with E-state index < -0.39 is 0 Å². The van der Waals surface area contributed by atoms with Gasteiger partial charge in [-0.1, -0.05) is 48.0 Å². The molecule has 2 aromatic rings. The van der Waals surface area contributed by atoms with E-state index in [0.29, 0.717) is 0 Å². The van der Waals surface area contributed by atoms with Crippen molar-refractivity contribution in [3.8, 4) is 0 Å². The van der Waals surface area contributed by atoms with E-state index >= 15 is 0 Å². The highest BCUT2D eigenvalue weighted by Gasteiger charge is 2.50. The Morgan fingerprint density at radius 2 is 1.60 bits per heavy atom. The minimum Gasteiger partial charge on any atom is -0.348 e. The van der Waals surface area contributed by atoms with Gasteiger partial charge in [0.2, 0.25) is 0 Å². The molecule has 3 aliphatic rings. The Bertz CT molecular complexity index is 839. The van der Waals surface area contributed by atoms with E-state index in [4.69, 9.17) is 21.1 Å². The molecule has 128 valence electrons. The van der Waals surface area contributed by atoms with Crippen molar-refractivity contribution in [1.82, 2.24) is 0 Å². The van der Waals surface area contributed by atoms with Crippen LogP contribution in [-0.4, -0.2) is 19.0 Å². The minimum atomic E-state index is -0.345. The zero-order valence-electron chi connectivity index (χ0n) is 14.1. The molecular weight excluding hydrogens is 332 g/mol. The van der Waals surface area contributed by atoms with Crippen LogP contribution in [0.15, 0.2) is 48.5 Å². The topological polar surface area (TPSA) is 18.5 Å². The molecule has 0 bridgehead atoms. The molecule has 0 amide bonds. The molecule has 2 fully saturated rings. The second-order valence-electron chi connectivity index (χ2n) is 7.35.